The second-order valence-electron chi connectivity index (χ2n) is 8.13. The highest BCUT2D eigenvalue weighted by Crippen LogP contribution is 2.36. The summed E-state index contributed by atoms with van der Waals surface area (Å²) in [6, 6.07) is 9.60. The molecule has 1 aromatic heterocycles. The molecule has 4 fully saturated rings. The van der Waals surface area contributed by atoms with E-state index in [-0.39, 0.29) is 22.9 Å². The van der Waals surface area contributed by atoms with Crippen molar-refractivity contribution >= 4 is 21.6 Å². The number of halogens is 1. The van der Waals surface area contributed by atoms with Crippen LogP contribution in [-0.4, -0.2) is 66.8 Å². The van der Waals surface area contributed by atoms with Gasteiger partial charge in [0.25, 0.3) is 5.91 Å². The summed E-state index contributed by atoms with van der Waals surface area (Å²) in [6.45, 7) is 2.40. The van der Waals surface area contributed by atoms with Crippen LogP contribution < -0.4 is 4.90 Å². The minimum atomic E-state index is -3.48. The fourth-order valence-electron chi connectivity index (χ4n) is 4.74. The van der Waals surface area contributed by atoms with Gasteiger partial charge in [0.15, 0.2) is 0 Å². The van der Waals surface area contributed by atoms with Crippen LogP contribution in [0.3, 0.4) is 0 Å². The Labute approximate surface area is 175 Å². The van der Waals surface area contributed by atoms with E-state index in [9.17, 15) is 17.6 Å². The number of carbonyl (C=O) groups is 1. The van der Waals surface area contributed by atoms with Crippen LogP contribution in [-0.2, 0) is 10.0 Å². The zero-order valence-electron chi connectivity index (χ0n) is 16.4. The van der Waals surface area contributed by atoms with Crippen molar-refractivity contribution in [1.29, 1.82) is 0 Å². The Morgan fingerprint density at radius 1 is 1.03 bits per heavy atom. The van der Waals surface area contributed by atoms with Gasteiger partial charge in [-0.3, -0.25) is 4.79 Å². The highest BCUT2D eigenvalue weighted by molar-refractivity contribution is 7.89. The Morgan fingerprint density at radius 3 is 2.33 bits per heavy atom. The fourth-order valence-corrected chi connectivity index (χ4v) is 6.25. The number of amides is 1. The molecule has 7 nitrogen and oxygen atoms in total. The molecule has 30 heavy (non-hydrogen) atoms. The standard InChI is InChI=1S/C21H23FN4O3S/c22-20-12-16(7-8-23-20)24-13-17-11-18(14-24)26(17)21(27)15-3-5-19(6-4-15)30(28,29)25-9-1-2-10-25/h3-8,12,17-18H,1-2,9-11,13-14H2. The van der Waals surface area contributed by atoms with Gasteiger partial charge in [0.2, 0.25) is 16.0 Å². The van der Waals surface area contributed by atoms with Crippen LogP contribution >= 0.6 is 0 Å². The molecule has 4 aliphatic rings. The molecule has 2 unspecified atom stereocenters. The Bertz CT molecular complexity index is 1060. The third-order valence-corrected chi connectivity index (χ3v) is 8.22. The number of piperidine rings is 1. The van der Waals surface area contributed by atoms with Crippen molar-refractivity contribution in [2.45, 2.75) is 36.2 Å². The average molecular weight is 431 g/mol. The first-order valence-electron chi connectivity index (χ1n) is 10.2. The van der Waals surface area contributed by atoms with Gasteiger partial charge in [-0.15, -0.1) is 0 Å². The molecule has 0 saturated carbocycles. The van der Waals surface area contributed by atoms with Gasteiger partial charge in [-0.1, -0.05) is 0 Å². The molecule has 1 amide bonds. The molecule has 0 N–H and O–H groups in total. The summed E-state index contributed by atoms with van der Waals surface area (Å²) in [7, 11) is -3.48. The van der Waals surface area contributed by atoms with Gasteiger partial charge in [0.05, 0.1) is 17.0 Å². The maximum atomic E-state index is 13.4. The van der Waals surface area contributed by atoms with Crippen molar-refractivity contribution in [2.24, 2.45) is 0 Å². The molecular weight excluding hydrogens is 407 g/mol. The normalized spacial score (nSPS) is 24.0. The maximum absolute atomic E-state index is 13.4. The molecule has 2 bridgehead atoms. The van der Waals surface area contributed by atoms with Gasteiger partial charge in [-0.2, -0.15) is 8.70 Å². The highest BCUT2D eigenvalue weighted by Gasteiger charge is 2.47. The summed E-state index contributed by atoms with van der Waals surface area (Å²) in [5.41, 5.74) is 1.27. The number of fused-ring (bicyclic) bond motifs is 2. The first kappa shape index (κ1) is 19.4. The second-order valence-corrected chi connectivity index (χ2v) is 10.1. The number of pyridine rings is 1. The first-order chi connectivity index (χ1) is 14.4. The van der Waals surface area contributed by atoms with Crippen LogP contribution in [0, 0.1) is 5.95 Å². The van der Waals surface area contributed by atoms with Crippen LogP contribution in [0.4, 0.5) is 10.1 Å². The number of rotatable bonds is 4. The van der Waals surface area contributed by atoms with Crippen LogP contribution in [0.1, 0.15) is 29.6 Å². The van der Waals surface area contributed by atoms with Crippen LogP contribution in [0.15, 0.2) is 47.5 Å². The largest absolute Gasteiger partial charge is 0.367 e. The van der Waals surface area contributed by atoms with Crippen molar-refractivity contribution in [3.8, 4) is 0 Å². The van der Waals surface area contributed by atoms with Gasteiger partial charge in [-0.25, -0.2) is 13.4 Å². The van der Waals surface area contributed by atoms with Crippen molar-refractivity contribution < 1.29 is 17.6 Å². The summed E-state index contributed by atoms with van der Waals surface area (Å²) < 4.78 is 40.3. The number of piperazine rings is 1. The Balaban J connectivity index is 1.28. The zero-order valence-corrected chi connectivity index (χ0v) is 17.3. The number of nitrogens with zero attached hydrogens (tertiary/aromatic N) is 4. The third kappa shape index (κ3) is 3.26. The van der Waals surface area contributed by atoms with Crippen LogP contribution in [0.25, 0.3) is 0 Å². The summed E-state index contributed by atoms with van der Waals surface area (Å²) in [4.78, 5) is 20.8. The number of benzene rings is 1. The molecule has 9 heteroatoms. The minimum absolute atomic E-state index is 0.0699. The monoisotopic (exact) mass is 430 g/mol. The molecule has 0 spiro atoms. The zero-order chi connectivity index (χ0) is 20.9. The summed E-state index contributed by atoms with van der Waals surface area (Å²) in [5, 5.41) is 0. The molecule has 1 aromatic carbocycles. The van der Waals surface area contributed by atoms with E-state index in [1.165, 1.54) is 28.7 Å². The van der Waals surface area contributed by atoms with E-state index in [2.05, 4.69) is 9.88 Å². The number of carbonyl (C=O) groups excluding carboxylic acids is 1. The molecule has 158 valence electrons. The fraction of sp³-hybridized carbons (Fsp3) is 0.429. The molecular formula is C21H23FN4O3S. The van der Waals surface area contributed by atoms with Crippen molar-refractivity contribution in [3.05, 3.63) is 54.1 Å². The number of hydrogen-bond donors (Lipinski definition) is 0. The van der Waals surface area contributed by atoms with E-state index in [1.54, 1.807) is 18.2 Å². The average Bonchev–Trinajstić information content (AvgIpc) is 3.30. The quantitative estimate of drug-likeness (QED) is 0.695. The first-order valence-corrected chi connectivity index (χ1v) is 11.7. The van der Waals surface area contributed by atoms with E-state index in [0.29, 0.717) is 31.7 Å². The van der Waals surface area contributed by atoms with Crippen LogP contribution in [0.2, 0.25) is 0 Å². The lowest BCUT2D eigenvalue weighted by Crippen LogP contribution is -2.70. The number of hydrogen-bond acceptors (Lipinski definition) is 5. The molecule has 2 atom stereocenters. The Hall–Kier alpha value is -2.52. The maximum Gasteiger partial charge on any atom is 0.254 e. The topological polar surface area (TPSA) is 73.8 Å². The summed E-state index contributed by atoms with van der Waals surface area (Å²) in [6.07, 6.45) is 4.15. The van der Waals surface area contributed by atoms with Gasteiger partial charge in [-0.05, 0) is 49.6 Å². The predicted molar refractivity (Wildman–Crippen MR) is 109 cm³/mol. The molecule has 4 saturated heterocycles. The lowest BCUT2D eigenvalue weighted by Gasteiger charge is -2.56. The molecule has 0 radical (unpaired) electrons. The lowest BCUT2D eigenvalue weighted by atomic mass is 9.86. The van der Waals surface area contributed by atoms with E-state index >= 15 is 0 Å². The van der Waals surface area contributed by atoms with Crippen molar-refractivity contribution in [3.63, 3.8) is 0 Å². The van der Waals surface area contributed by atoms with Gasteiger partial charge in [0.1, 0.15) is 0 Å². The molecule has 0 aliphatic carbocycles. The van der Waals surface area contributed by atoms with Gasteiger partial charge >= 0.3 is 0 Å². The second kappa shape index (κ2) is 7.31. The van der Waals surface area contributed by atoms with Gasteiger partial charge in [0, 0.05) is 49.7 Å². The van der Waals surface area contributed by atoms with E-state index in [0.717, 1.165) is 24.9 Å². The lowest BCUT2D eigenvalue weighted by molar-refractivity contribution is 0.00591. The van der Waals surface area contributed by atoms with Gasteiger partial charge < -0.3 is 9.80 Å². The molecule has 4 aliphatic heterocycles. The summed E-state index contributed by atoms with van der Waals surface area (Å²) in [5.74, 6) is -0.592. The van der Waals surface area contributed by atoms with E-state index in [1.807, 2.05) is 4.90 Å². The number of sulfonamides is 1. The van der Waals surface area contributed by atoms with Crippen molar-refractivity contribution in [1.82, 2.24) is 14.2 Å². The van der Waals surface area contributed by atoms with E-state index in [4.69, 9.17) is 0 Å². The smallest absolute Gasteiger partial charge is 0.254 e. The third-order valence-electron chi connectivity index (χ3n) is 6.31. The summed E-state index contributed by atoms with van der Waals surface area (Å²) >= 11 is 0. The minimum Gasteiger partial charge on any atom is -0.367 e. The SMILES string of the molecule is O=C(c1ccc(S(=O)(=O)N2CCCC2)cc1)N1C2CC1CN(c1ccnc(F)c1)C2. The van der Waals surface area contributed by atoms with E-state index < -0.39 is 16.0 Å². The number of aromatic nitrogens is 1. The molecule has 6 rings (SSSR count). The molecule has 5 heterocycles. The predicted octanol–water partition coefficient (Wildman–Crippen LogP) is 2.11. The molecule has 2 aromatic rings. The van der Waals surface area contributed by atoms with Crippen molar-refractivity contribution in [2.75, 3.05) is 31.1 Å². The highest BCUT2D eigenvalue weighted by atomic mass is 32.2. The Kier molecular flexibility index (Phi) is 4.74. The number of anilines is 1. The van der Waals surface area contributed by atoms with Crippen LogP contribution in [0.5, 0.6) is 0 Å². The Morgan fingerprint density at radius 2 is 1.70 bits per heavy atom.